The van der Waals surface area contributed by atoms with E-state index in [1.807, 2.05) is 32.0 Å². The summed E-state index contributed by atoms with van der Waals surface area (Å²) >= 11 is 0. The molecule has 1 aliphatic rings. The number of nitrogens with one attached hydrogen (secondary N) is 2. The first kappa shape index (κ1) is 14.7. The fourth-order valence-electron chi connectivity index (χ4n) is 2.60. The number of hydrogen-bond acceptors (Lipinski definition) is 5. The van der Waals surface area contributed by atoms with Crippen molar-refractivity contribution in [2.75, 3.05) is 26.0 Å². The third-order valence-corrected chi connectivity index (χ3v) is 3.58. The second-order valence-electron chi connectivity index (χ2n) is 4.98. The number of rotatable bonds is 5. The Morgan fingerprint density at radius 1 is 1.45 bits per heavy atom. The van der Waals surface area contributed by atoms with Gasteiger partial charge in [0.1, 0.15) is 5.82 Å². The van der Waals surface area contributed by atoms with Crippen molar-refractivity contribution in [3.05, 3.63) is 17.6 Å². The monoisotopic (exact) mass is 277 g/mol. The Balaban J connectivity index is 2.30. The molecule has 0 unspecified atom stereocenters. The van der Waals surface area contributed by atoms with Crippen molar-refractivity contribution in [3.63, 3.8) is 0 Å². The van der Waals surface area contributed by atoms with Gasteiger partial charge in [0.25, 0.3) is 0 Å². The third-order valence-electron chi connectivity index (χ3n) is 3.58. The minimum atomic E-state index is 0.0198. The molecule has 1 amide bonds. The van der Waals surface area contributed by atoms with E-state index in [0.29, 0.717) is 13.0 Å². The number of anilines is 1. The molecule has 2 N–H and O–H groups in total. The number of carbonyl (C=O) groups excluding carboxylic acids is 1. The number of amides is 1. The van der Waals surface area contributed by atoms with Crippen LogP contribution in [-0.2, 0) is 11.3 Å². The van der Waals surface area contributed by atoms with Crippen molar-refractivity contribution in [2.24, 2.45) is 0 Å². The lowest BCUT2D eigenvalue weighted by Gasteiger charge is -2.23. The van der Waals surface area contributed by atoms with Crippen LogP contribution in [0, 0.1) is 0 Å². The lowest BCUT2D eigenvalue weighted by Crippen LogP contribution is -2.31. The summed E-state index contributed by atoms with van der Waals surface area (Å²) in [4.78, 5) is 23.1. The summed E-state index contributed by atoms with van der Waals surface area (Å²) in [5.74, 6) is 1.73. The van der Waals surface area contributed by atoms with Crippen LogP contribution in [0.5, 0.6) is 0 Å². The molecule has 0 aliphatic carbocycles. The molecule has 0 saturated carbocycles. The largest absolute Gasteiger partial charge is 0.373 e. The molecule has 20 heavy (non-hydrogen) atoms. The summed E-state index contributed by atoms with van der Waals surface area (Å²) < 4.78 is 0. The minimum absolute atomic E-state index is 0.0198. The Morgan fingerprint density at radius 3 is 2.90 bits per heavy atom. The first-order chi connectivity index (χ1) is 9.69. The highest BCUT2D eigenvalue weighted by molar-refractivity contribution is 5.76. The fraction of sp³-hybridized carbons (Fsp3) is 0.643. The highest BCUT2D eigenvalue weighted by Gasteiger charge is 2.31. The van der Waals surface area contributed by atoms with Gasteiger partial charge in [-0.2, -0.15) is 0 Å². The number of likely N-dealkylation sites (tertiary alicyclic amines) is 1. The number of aromatic nitrogens is 2. The zero-order chi connectivity index (χ0) is 14.5. The Labute approximate surface area is 120 Å². The van der Waals surface area contributed by atoms with E-state index in [2.05, 4.69) is 20.6 Å². The molecule has 0 bridgehead atoms. The van der Waals surface area contributed by atoms with Gasteiger partial charge in [-0.15, -0.1) is 0 Å². The number of nitrogens with zero attached hydrogens (tertiary/aromatic N) is 3. The molecule has 1 aromatic rings. The number of carbonyl (C=O) groups is 1. The molecule has 110 valence electrons. The number of hydrogen-bond donors (Lipinski definition) is 2. The SMILES string of the molecule is CCC(=O)N1CCC[C@@H]1c1nc(CNC)cc(NC)n1. The van der Waals surface area contributed by atoms with Crippen LogP contribution < -0.4 is 10.6 Å². The van der Waals surface area contributed by atoms with E-state index in [1.54, 1.807) is 0 Å². The van der Waals surface area contributed by atoms with Crippen molar-refractivity contribution in [1.82, 2.24) is 20.2 Å². The lowest BCUT2D eigenvalue weighted by molar-refractivity contribution is -0.131. The highest BCUT2D eigenvalue weighted by atomic mass is 16.2. The minimum Gasteiger partial charge on any atom is -0.373 e. The lowest BCUT2D eigenvalue weighted by atomic mass is 10.2. The second-order valence-corrected chi connectivity index (χ2v) is 4.98. The molecule has 1 saturated heterocycles. The molecular formula is C14H23N5O. The van der Waals surface area contributed by atoms with Crippen LogP contribution in [-0.4, -0.2) is 41.4 Å². The van der Waals surface area contributed by atoms with Crippen molar-refractivity contribution in [2.45, 2.75) is 38.8 Å². The summed E-state index contributed by atoms with van der Waals surface area (Å²) in [6.45, 7) is 3.40. The van der Waals surface area contributed by atoms with Crippen LogP contribution in [0.4, 0.5) is 5.82 Å². The normalized spacial score (nSPS) is 18.4. The van der Waals surface area contributed by atoms with Gasteiger partial charge in [-0.3, -0.25) is 4.79 Å². The van der Waals surface area contributed by atoms with Crippen molar-refractivity contribution >= 4 is 11.7 Å². The Bertz CT molecular complexity index is 477. The zero-order valence-corrected chi connectivity index (χ0v) is 12.4. The molecular weight excluding hydrogens is 254 g/mol. The first-order valence-electron chi connectivity index (χ1n) is 7.19. The van der Waals surface area contributed by atoms with E-state index < -0.39 is 0 Å². The Hall–Kier alpha value is -1.69. The molecule has 0 aromatic carbocycles. The summed E-state index contributed by atoms with van der Waals surface area (Å²) in [5, 5.41) is 6.17. The van der Waals surface area contributed by atoms with Gasteiger partial charge >= 0.3 is 0 Å². The van der Waals surface area contributed by atoms with Gasteiger partial charge in [-0.25, -0.2) is 9.97 Å². The van der Waals surface area contributed by atoms with Crippen molar-refractivity contribution in [1.29, 1.82) is 0 Å². The van der Waals surface area contributed by atoms with Crippen molar-refractivity contribution < 1.29 is 4.79 Å². The Kier molecular flexibility index (Phi) is 4.89. The van der Waals surface area contributed by atoms with E-state index in [4.69, 9.17) is 0 Å². The fourth-order valence-corrected chi connectivity index (χ4v) is 2.60. The second kappa shape index (κ2) is 6.65. The molecule has 6 heteroatoms. The molecule has 6 nitrogen and oxygen atoms in total. The smallest absolute Gasteiger partial charge is 0.222 e. The average Bonchev–Trinajstić information content (AvgIpc) is 2.95. The molecule has 0 radical (unpaired) electrons. The highest BCUT2D eigenvalue weighted by Crippen LogP contribution is 2.31. The standard InChI is InChI=1S/C14H23N5O/c1-4-13(20)19-7-5-6-11(19)14-17-10(9-15-2)8-12(16-3)18-14/h8,11,15H,4-7,9H2,1-3H3,(H,16,17,18)/t11-/m1/s1. The third kappa shape index (κ3) is 3.07. The van der Waals surface area contributed by atoms with E-state index in [1.165, 1.54) is 0 Å². The van der Waals surface area contributed by atoms with Gasteiger partial charge in [-0.05, 0) is 19.9 Å². The Morgan fingerprint density at radius 2 is 2.25 bits per heavy atom. The molecule has 0 spiro atoms. The van der Waals surface area contributed by atoms with E-state index >= 15 is 0 Å². The average molecular weight is 277 g/mol. The van der Waals surface area contributed by atoms with Crippen LogP contribution in [0.25, 0.3) is 0 Å². The molecule has 1 atom stereocenters. The van der Waals surface area contributed by atoms with Gasteiger partial charge in [0, 0.05) is 32.6 Å². The van der Waals surface area contributed by atoms with Crippen LogP contribution >= 0.6 is 0 Å². The van der Waals surface area contributed by atoms with Crippen LogP contribution in [0.2, 0.25) is 0 Å². The topological polar surface area (TPSA) is 70.2 Å². The summed E-state index contributed by atoms with van der Waals surface area (Å²) in [5.41, 5.74) is 0.942. The maximum absolute atomic E-state index is 12.0. The molecule has 2 rings (SSSR count). The van der Waals surface area contributed by atoms with Crippen molar-refractivity contribution in [3.8, 4) is 0 Å². The quantitative estimate of drug-likeness (QED) is 0.849. The van der Waals surface area contributed by atoms with Gasteiger partial charge in [0.05, 0.1) is 11.7 Å². The maximum Gasteiger partial charge on any atom is 0.222 e. The predicted octanol–water partition coefficient (Wildman–Crippen LogP) is 1.31. The predicted molar refractivity (Wildman–Crippen MR) is 78.3 cm³/mol. The van der Waals surface area contributed by atoms with Gasteiger partial charge in [-0.1, -0.05) is 6.92 Å². The first-order valence-corrected chi connectivity index (χ1v) is 7.19. The molecule has 1 fully saturated rings. The van der Waals surface area contributed by atoms with Gasteiger partial charge < -0.3 is 15.5 Å². The van der Waals surface area contributed by atoms with Gasteiger partial charge in [0.2, 0.25) is 5.91 Å². The van der Waals surface area contributed by atoms with Gasteiger partial charge in [0.15, 0.2) is 5.82 Å². The van der Waals surface area contributed by atoms with E-state index in [0.717, 1.165) is 36.7 Å². The van der Waals surface area contributed by atoms with Crippen LogP contribution in [0.15, 0.2) is 6.07 Å². The van der Waals surface area contributed by atoms with Crippen LogP contribution in [0.3, 0.4) is 0 Å². The molecule has 1 aromatic heterocycles. The summed E-state index contributed by atoms with van der Waals surface area (Å²) in [6, 6.07) is 1.95. The van der Waals surface area contributed by atoms with E-state index in [9.17, 15) is 4.79 Å². The van der Waals surface area contributed by atoms with Crippen LogP contribution in [0.1, 0.15) is 43.7 Å². The molecule has 2 heterocycles. The summed E-state index contributed by atoms with van der Waals surface area (Å²) in [6.07, 6.45) is 2.49. The summed E-state index contributed by atoms with van der Waals surface area (Å²) in [7, 11) is 3.74. The van der Waals surface area contributed by atoms with E-state index in [-0.39, 0.29) is 11.9 Å². The zero-order valence-electron chi connectivity index (χ0n) is 12.4. The molecule has 1 aliphatic heterocycles. The maximum atomic E-state index is 12.0.